The van der Waals surface area contributed by atoms with Crippen LogP contribution >= 0.6 is 23.4 Å². The molecule has 2 heterocycles. The van der Waals surface area contributed by atoms with Crippen molar-refractivity contribution in [1.82, 2.24) is 15.2 Å². The fourth-order valence-corrected chi connectivity index (χ4v) is 5.80. The molecule has 3 aromatic rings. The fourth-order valence-electron chi connectivity index (χ4n) is 4.63. The molecule has 33 heavy (non-hydrogen) atoms. The number of aromatic nitrogens is 1. The van der Waals surface area contributed by atoms with Crippen LogP contribution in [0.3, 0.4) is 0 Å². The highest BCUT2D eigenvalue weighted by Gasteiger charge is 2.24. The lowest BCUT2D eigenvalue weighted by Crippen LogP contribution is -2.44. The molecule has 0 saturated carbocycles. The Labute approximate surface area is 205 Å². The number of H-pyrrole nitrogens is 1. The zero-order valence-electron chi connectivity index (χ0n) is 19.5. The van der Waals surface area contributed by atoms with Gasteiger partial charge >= 0.3 is 0 Å². The molecule has 2 N–H and O–H groups in total. The molecule has 2 aromatic carbocycles. The van der Waals surface area contributed by atoms with Gasteiger partial charge in [0.25, 0.3) is 5.91 Å². The lowest BCUT2D eigenvalue weighted by molar-refractivity contribution is 0.0919. The fraction of sp³-hybridized carbons (Fsp3) is 0.423. The first kappa shape index (κ1) is 24.0. The SMILES string of the molecule is COc1ccc2c(Sc3ccc(Cl)cc3)c(C(=O)NCCCN3[C@H](C)CCC[C@@H]3C)[nH]c2c1. The smallest absolute Gasteiger partial charge is 0.268 e. The third kappa shape index (κ3) is 5.68. The number of piperidine rings is 1. The van der Waals surface area contributed by atoms with E-state index in [0.29, 0.717) is 29.3 Å². The Bertz CT molecular complexity index is 1090. The highest BCUT2D eigenvalue weighted by atomic mass is 35.5. The molecule has 4 rings (SSSR count). The van der Waals surface area contributed by atoms with Crippen molar-refractivity contribution in [1.29, 1.82) is 0 Å². The quantitative estimate of drug-likeness (QED) is 0.364. The van der Waals surface area contributed by atoms with Gasteiger partial charge in [-0.05, 0) is 69.5 Å². The largest absolute Gasteiger partial charge is 0.497 e. The molecule has 1 fully saturated rings. The van der Waals surface area contributed by atoms with E-state index in [0.717, 1.165) is 39.4 Å². The Hall–Kier alpha value is -2.15. The Balaban J connectivity index is 1.49. The van der Waals surface area contributed by atoms with E-state index in [9.17, 15) is 4.79 Å². The molecule has 0 unspecified atom stereocenters. The van der Waals surface area contributed by atoms with E-state index >= 15 is 0 Å². The first-order valence-electron chi connectivity index (χ1n) is 11.6. The first-order chi connectivity index (χ1) is 16.0. The maximum atomic E-state index is 13.2. The molecule has 2 atom stereocenters. The van der Waals surface area contributed by atoms with Crippen LogP contribution in [0.25, 0.3) is 10.9 Å². The second-order valence-corrected chi connectivity index (χ2v) is 10.3. The van der Waals surface area contributed by atoms with Gasteiger partial charge in [0.1, 0.15) is 11.4 Å². The summed E-state index contributed by atoms with van der Waals surface area (Å²) in [5, 5.41) is 4.82. The molecule has 5 nitrogen and oxygen atoms in total. The summed E-state index contributed by atoms with van der Waals surface area (Å²) in [7, 11) is 1.64. The van der Waals surface area contributed by atoms with Crippen LogP contribution in [0, 0.1) is 0 Å². The molecule has 1 aliphatic rings. The van der Waals surface area contributed by atoms with Crippen molar-refractivity contribution >= 4 is 40.2 Å². The zero-order chi connectivity index (χ0) is 23.4. The van der Waals surface area contributed by atoms with Crippen molar-refractivity contribution in [2.45, 2.75) is 61.4 Å². The summed E-state index contributed by atoms with van der Waals surface area (Å²) in [5.41, 5.74) is 1.46. The lowest BCUT2D eigenvalue weighted by atomic mass is 9.97. The molecule has 1 saturated heterocycles. The monoisotopic (exact) mass is 485 g/mol. The summed E-state index contributed by atoms with van der Waals surface area (Å²) in [5.74, 6) is 0.671. The first-order valence-corrected chi connectivity index (χ1v) is 12.8. The van der Waals surface area contributed by atoms with E-state index in [4.69, 9.17) is 16.3 Å². The van der Waals surface area contributed by atoms with Gasteiger partial charge in [-0.3, -0.25) is 9.69 Å². The van der Waals surface area contributed by atoms with Crippen molar-refractivity contribution in [3.8, 4) is 5.75 Å². The number of nitrogens with zero attached hydrogens (tertiary/aromatic N) is 1. The minimum atomic E-state index is -0.0821. The van der Waals surface area contributed by atoms with Gasteiger partial charge in [0.15, 0.2) is 0 Å². The van der Waals surface area contributed by atoms with Crippen LogP contribution in [0.15, 0.2) is 52.3 Å². The average Bonchev–Trinajstić information content (AvgIpc) is 3.17. The lowest BCUT2D eigenvalue weighted by Gasteiger charge is -2.39. The van der Waals surface area contributed by atoms with E-state index in [-0.39, 0.29) is 5.91 Å². The van der Waals surface area contributed by atoms with E-state index in [2.05, 4.69) is 29.0 Å². The number of fused-ring (bicyclic) bond motifs is 1. The van der Waals surface area contributed by atoms with Crippen LogP contribution in [0.5, 0.6) is 5.75 Å². The van der Waals surface area contributed by atoms with Crippen LogP contribution in [0.1, 0.15) is 50.0 Å². The van der Waals surface area contributed by atoms with Crippen LogP contribution in [0.2, 0.25) is 5.02 Å². The number of carbonyl (C=O) groups is 1. The molecule has 1 amide bonds. The van der Waals surface area contributed by atoms with Crippen LogP contribution < -0.4 is 10.1 Å². The summed E-state index contributed by atoms with van der Waals surface area (Å²) in [4.78, 5) is 21.0. The third-order valence-corrected chi connectivity index (χ3v) is 7.86. The number of hydrogen-bond acceptors (Lipinski definition) is 4. The Morgan fingerprint density at radius 3 is 2.61 bits per heavy atom. The van der Waals surface area contributed by atoms with E-state index in [1.807, 2.05) is 42.5 Å². The number of nitrogens with one attached hydrogen (secondary N) is 2. The zero-order valence-corrected chi connectivity index (χ0v) is 21.1. The number of benzene rings is 2. The summed E-state index contributed by atoms with van der Waals surface area (Å²) >= 11 is 7.62. The Kier molecular flexibility index (Phi) is 7.89. The molecule has 0 radical (unpaired) electrons. The van der Waals surface area contributed by atoms with Crippen LogP contribution in [-0.4, -0.2) is 48.1 Å². The molecule has 176 valence electrons. The second-order valence-electron chi connectivity index (χ2n) is 8.77. The number of likely N-dealkylation sites (tertiary alicyclic amines) is 1. The number of halogens is 1. The number of amides is 1. The van der Waals surface area contributed by atoms with Crippen molar-refractivity contribution in [3.05, 3.63) is 53.2 Å². The number of rotatable bonds is 8. The Morgan fingerprint density at radius 2 is 1.91 bits per heavy atom. The van der Waals surface area contributed by atoms with Crippen molar-refractivity contribution < 1.29 is 9.53 Å². The minimum absolute atomic E-state index is 0.0821. The molecule has 1 aromatic heterocycles. The maximum absolute atomic E-state index is 13.2. The second kappa shape index (κ2) is 10.9. The molecular formula is C26H32ClN3O2S. The molecule has 7 heteroatoms. The van der Waals surface area contributed by atoms with E-state index < -0.39 is 0 Å². The molecule has 0 aliphatic carbocycles. The molecule has 0 bridgehead atoms. The van der Waals surface area contributed by atoms with Crippen LogP contribution in [0.4, 0.5) is 0 Å². The number of ether oxygens (including phenoxy) is 1. The summed E-state index contributed by atoms with van der Waals surface area (Å²) in [6.07, 6.45) is 4.78. The van der Waals surface area contributed by atoms with Gasteiger partial charge in [0.2, 0.25) is 0 Å². The summed E-state index contributed by atoms with van der Waals surface area (Å²) in [6, 6.07) is 14.8. The van der Waals surface area contributed by atoms with Crippen molar-refractivity contribution in [2.24, 2.45) is 0 Å². The summed E-state index contributed by atoms with van der Waals surface area (Å²) < 4.78 is 5.37. The topological polar surface area (TPSA) is 57.4 Å². The van der Waals surface area contributed by atoms with Crippen LogP contribution in [-0.2, 0) is 0 Å². The highest BCUT2D eigenvalue weighted by molar-refractivity contribution is 7.99. The molecule has 1 aliphatic heterocycles. The Morgan fingerprint density at radius 1 is 1.18 bits per heavy atom. The number of methoxy groups -OCH3 is 1. The standard InChI is InChI=1S/C26H32ClN3O2S/c1-17-6-4-7-18(2)30(17)15-5-14-28-26(31)24-25(33-21-11-8-19(27)9-12-21)22-13-10-20(32-3)16-23(22)29-24/h8-13,16-18,29H,4-7,14-15H2,1-3H3,(H,28,31)/t17-,18+. The third-order valence-electron chi connectivity index (χ3n) is 6.47. The number of aromatic amines is 1. The highest BCUT2D eigenvalue weighted by Crippen LogP contribution is 2.38. The predicted octanol–water partition coefficient (Wildman–Crippen LogP) is 6.36. The van der Waals surface area contributed by atoms with E-state index in [1.54, 1.807) is 18.9 Å². The van der Waals surface area contributed by atoms with E-state index in [1.165, 1.54) is 19.3 Å². The average molecular weight is 486 g/mol. The summed E-state index contributed by atoms with van der Waals surface area (Å²) in [6.45, 7) is 6.29. The van der Waals surface area contributed by atoms with Gasteiger partial charge in [-0.25, -0.2) is 0 Å². The number of hydrogen-bond donors (Lipinski definition) is 2. The van der Waals surface area contributed by atoms with Gasteiger partial charge in [0.05, 0.1) is 17.5 Å². The van der Waals surface area contributed by atoms with Gasteiger partial charge in [-0.1, -0.05) is 29.8 Å². The number of carbonyl (C=O) groups excluding carboxylic acids is 1. The molecule has 0 spiro atoms. The van der Waals surface area contributed by atoms with Gasteiger partial charge < -0.3 is 15.0 Å². The van der Waals surface area contributed by atoms with Crippen molar-refractivity contribution in [2.75, 3.05) is 20.2 Å². The van der Waals surface area contributed by atoms with Crippen molar-refractivity contribution in [3.63, 3.8) is 0 Å². The van der Waals surface area contributed by atoms with Gasteiger partial charge in [-0.2, -0.15) is 0 Å². The predicted molar refractivity (Wildman–Crippen MR) is 137 cm³/mol. The normalized spacial score (nSPS) is 19.0. The minimum Gasteiger partial charge on any atom is -0.497 e. The van der Waals surface area contributed by atoms with Gasteiger partial charge in [-0.15, -0.1) is 0 Å². The maximum Gasteiger partial charge on any atom is 0.268 e. The van der Waals surface area contributed by atoms with Gasteiger partial charge in [0, 0.05) is 46.5 Å². The molecular weight excluding hydrogens is 454 g/mol.